The molecule has 3 rings (SSSR count). The van der Waals surface area contributed by atoms with Gasteiger partial charge in [0.05, 0.1) is 18.4 Å². The molecule has 8 heteroatoms. The van der Waals surface area contributed by atoms with Crippen LogP contribution in [0.5, 0.6) is 5.75 Å². The van der Waals surface area contributed by atoms with Gasteiger partial charge >= 0.3 is 0 Å². The average molecular weight is 398 g/mol. The molecule has 0 aliphatic carbocycles. The van der Waals surface area contributed by atoms with E-state index in [2.05, 4.69) is 15.5 Å². The Labute approximate surface area is 168 Å². The average Bonchev–Trinajstić information content (AvgIpc) is 3.08. The van der Waals surface area contributed by atoms with Crippen molar-refractivity contribution in [2.24, 2.45) is 0 Å². The van der Waals surface area contributed by atoms with E-state index in [0.717, 1.165) is 16.9 Å². The number of carbonyl (C=O) groups is 1. The zero-order chi connectivity index (χ0) is 19.9. The fourth-order valence-corrected chi connectivity index (χ4v) is 3.35. The monoisotopic (exact) mass is 397 g/mol. The number of hydrogen-bond acceptors (Lipinski definition) is 6. The number of ether oxygens (including phenoxy) is 1. The van der Waals surface area contributed by atoms with Crippen LogP contribution < -0.4 is 15.9 Å². The lowest BCUT2D eigenvalue weighted by atomic mass is 10.1. The van der Waals surface area contributed by atoms with Crippen molar-refractivity contribution >= 4 is 17.7 Å². The topological polar surface area (TPSA) is 95.1 Å². The highest BCUT2D eigenvalue weighted by atomic mass is 32.2. The third-order valence-corrected chi connectivity index (χ3v) is 5.04. The molecule has 0 radical (unpaired) electrons. The molecule has 146 valence electrons. The quantitative estimate of drug-likeness (QED) is 0.448. The number of nitrogens with two attached hydrogens (primary N) is 1. The second-order valence-corrected chi connectivity index (χ2v) is 7.06. The van der Waals surface area contributed by atoms with Gasteiger partial charge in [0, 0.05) is 5.56 Å². The Kier molecular flexibility index (Phi) is 6.54. The Morgan fingerprint density at radius 2 is 1.89 bits per heavy atom. The molecule has 3 N–H and O–H groups in total. The summed E-state index contributed by atoms with van der Waals surface area (Å²) in [4.78, 5) is 12.2. The predicted octanol–water partition coefficient (Wildman–Crippen LogP) is 3.03. The van der Waals surface area contributed by atoms with Gasteiger partial charge in [-0.2, -0.15) is 0 Å². The minimum atomic E-state index is -0.0908. The molecular weight excluding hydrogens is 374 g/mol. The first-order valence-electron chi connectivity index (χ1n) is 8.99. The highest BCUT2D eigenvalue weighted by molar-refractivity contribution is 7.99. The van der Waals surface area contributed by atoms with E-state index in [1.807, 2.05) is 68.4 Å². The molecule has 1 amide bonds. The summed E-state index contributed by atoms with van der Waals surface area (Å²) in [6.45, 7) is 4.50. The van der Waals surface area contributed by atoms with E-state index < -0.39 is 0 Å². The van der Waals surface area contributed by atoms with Crippen LogP contribution in [0, 0.1) is 0 Å². The maximum Gasteiger partial charge on any atom is 0.230 e. The number of carbonyl (C=O) groups excluding carboxylic acids is 1. The molecule has 28 heavy (non-hydrogen) atoms. The first-order valence-corrected chi connectivity index (χ1v) is 9.98. The van der Waals surface area contributed by atoms with Gasteiger partial charge in [0.2, 0.25) is 11.1 Å². The number of rotatable bonds is 8. The first-order chi connectivity index (χ1) is 13.6. The van der Waals surface area contributed by atoms with Gasteiger partial charge in [-0.05, 0) is 43.7 Å². The van der Waals surface area contributed by atoms with Crippen LogP contribution in [0.25, 0.3) is 11.4 Å². The minimum Gasteiger partial charge on any atom is -0.494 e. The number of benzene rings is 2. The molecule has 0 saturated carbocycles. The fourth-order valence-electron chi connectivity index (χ4n) is 2.68. The van der Waals surface area contributed by atoms with Crippen molar-refractivity contribution in [2.75, 3.05) is 18.2 Å². The Morgan fingerprint density at radius 3 is 2.57 bits per heavy atom. The third-order valence-electron chi connectivity index (χ3n) is 4.10. The Hall–Kier alpha value is -3.00. The summed E-state index contributed by atoms with van der Waals surface area (Å²) in [7, 11) is 0. The number of hydrogen-bond donors (Lipinski definition) is 2. The van der Waals surface area contributed by atoms with Crippen molar-refractivity contribution in [3.8, 4) is 17.1 Å². The van der Waals surface area contributed by atoms with Crippen LogP contribution in [-0.4, -0.2) is 33.1 Å². The number of nitrogens with one attached hydrogen (secondary N) is 1. The number of thioether (sulfide) groups is 1. The van der Waals surface area contributed by atoms with Crippen molar-refractivity contribution in [3.63, 3.8) is 0 Å². The van der Waals surface area contributed by atoms with E-state index in [9.17, 15) is 4.79 Å². The van der Waals surface area contributed by atoms with Crippen molar-refractivity contribution < 1.29 is 9.53 Å². The van der Waals surface area contributed by atoms with Crippen molar-refractivity contribution in [2.45, 2.75) is 25.0 Å². The summed E-state index contributed by atoms with van der Waals surface area (Å²) in [6, 6.07) is 17.2. The van der Waals surface area contributed by atoms with Crippen LogP contribution in [0.15, 0.2) is 59.8 Å². The molecule has 0 spiro atoms. The number of aromatic nitrogens is 3. The lowest BCUT2D eigenvalue weighted by molar-refractivity contribution is -0.119. The Balaban J connectivity index is 1.59. The maximum atomic E-state index is 12.2. The van der Waals surface area contributed by atoms with Gasteiger partial charge in [0.1, 0.15) is 5.75 Å². The summed E-state index contributed by atoms with van der Waals surface area (Å²) in [5.74, 6) is 7.55. The van der Waals surface area contributed by atoms with Crippen LogP contribution >= 0.6 is 11.8 Å². The van der Waals surface area contributed by atoms with E-state index >= 15 is 0 Å². The molecule has 0 unspecified atom stereocenters. The summed E-state index contributed by atoms with van der Waals surface area (Å²) in [6.07, 6.45) is 0. The van der Waals surface area contributed by atoms with Crippen LogP contribution in [0.1, 0.15) is 25.5 Å². The highest BCUT2D eigenvalue weighted by Crippen LogP contribution is 2.23. The van der Waals surface area contributed by atoms with Crippen LogP contribution in [0.4, 0.5) is 0 Å². The third kappa shape index (κ3) is 4.83. The molecule has 0 aliphatic rings. The maximum absolute atomic E-state index is 12.2. The molecular formula is C20H23N5O2S. The van der Waals surface area contributed by atoms with E-state index in [1.54, 1.807) is 0 Å². The predicted molar refractivity (Wildman–Crippen MR) is 111 cm³/mol. The SMILES string of the molecule is CCOc1ccc(-c2nnc(SCC(=O)N[C@@H](C)c3ccccc3)n2N)cc1. The van der Waals surface area contributed by atoms with E-state index in [0.29, 0.717) is 17.6 Å². The zero-order valence-electron chi connectivity index (χ0n) is 15.8. The molecule has 3 aromatic rings. The van der Waals surface area contributed by atoms with E-state index in [1.165, 1.54) is 16.4 Å². The lowest BCUT2D eigenvalue weighted by Gasteiger charge is -2.13. The summed E-state index contributed by atoms with van der Waals surface area (Å²) >= 11 is 1.25. The van der Waals surface area contributed by atoms with Gasteiger partial charge in [-0.15, -0.1) is 10.2 Å². The van der Waals surface area contributed by atoms with Gasteiger partial charge in [0.25, 0.3) is 0 Å². The molecule has 0 fully saturated rings. The molecule has 1 aromatic heterocycles. The number of nitrogens with zero attached hydrogens (tertiary/aromatic N) is 3. The fraction of sp³-hybridized carbons (Fsp3) is 0.250. The van der Waals surface area contributed by atoms with Gasteiger partial charge in [-0.25, -0.2) is 4.68 Å². The van der Waals surface area contributed by atoms with Crippen molar-refractivity contribution in [1.82, 2.24) is 20.2 Å². The second kappa shape index (κ2) is 9.27. The largest absolute Gasteiger partial charge is 0.494 e. The molecule has 1 atom stereocenters. The summed E-state index contributed by atoms with van der Waals surface area (Å²) in [5.41, 5.74) is 1.88. The van der Waals surface area contributed by atoms with Crippen LogP contribution in [0.3, 0.4) is 0 Å². The smallest absolute Gasteiger partial charge is 0.230 e. The second-order valence-electron chi connectivity index (χ2n) is 6.12. The van der Waals surface area contributed by atoms with Gasteiger partial charge in [-0.3, -0.25) is 4.79 Å². The minimum absolute atomic E-state index is 0.0653. The Bertz CT molecular complexity index is 912. The number of nitrogen functional groups attached to an aromatic ring is 1. The molecule has 2 aromatic carbocycles. The first kappa shape index (κ1) is 19.8. The Morgan fingerprint density at radius 1 is 1.18 bits per heavy atom. The number of amides is 1. The van der Waals surface area contributed by atoms with E-state index in [4.69, 9.17) is 10.6 Å². The highest BCUT2D eigenvalue weighted by Gasteiger charge is 2.15. The zero-order valence-corrected chi connectivity index (χ0v) is 16.6. The van der Waals surface area contributed by atoms with Crippen LogP contribution in [-0.2, 0) is 4.79 Å². The van der Waals surface area contributed by atoms with Crippen molar-refractivity contribution in [1.29, 1.82) is 0 Å². The summed E-state index contributed by atoms with van der Waals surface area (Å²) in [5, 5.41) is 11.7. The van der Waals surface area contributed by atoms with Gasteiger partial charge in [-0.1, -0.05) is 42.1 Å². The van der Waals surface area contributed by atoms with Gasteiger partial charge < -0.3 is 15.9 Å². The molecule has 0 bridgehead atoms. The lowest BCUT2D eigenvalue weighted by Crippen LogP contribution is -2.28. The van der Waals surface area contributed by atoms with E-state index in [-0.39, 0.29) is 17.7 Å². The standard InChI is InChI=1S/C20H23N5O2S/c1-3-27-17-11-9-16(10-12-17)19-23-24-20(25(19)21)28-13-18(26)22-14(2)15-7-5-4-6-8-15/h4-12,14H,3,13,21H2,1-2H3,(H,22,26)/t14-/m0/s1. The molecule has 1 heterocycles. The molecule has 0 aliphatic heterocycles. The summed E-state index contributed by atoms with van der Waals surface area (Å²) < 4.78 is 6.84. The van der Waals surface area contributed by atoms with Crippen LogP contribution in [0.2, 0.25) is 0 Å². The molecule has 7 nitrogen and oxygen atoms in total. The van der Waals surface area contributed by atoms with Gasteiger partial charge in [0.15, 0.2) is 5.82 Å². The van der Waals surface area contributed by atoms with Crippen molar-refractivity contribution in [3.05, 3.63) is 60.2 Å². The normalized spacial score (nSPS) is 11.8. The molecule has 0 saturated heterocycles.